The van der Waals surface area contributed by atoms with E-state index in [1.807, 2.05) is 29.0 Å². The molecule has 9 heteroatoms. The molecule has 3 fully saturated rings. The molecule has 9 nitrogen and oxygen atoms in total. The van der Waals surface area contributed by atoms with Crippen molar-refractivity contribution in [3.8, 4) is 0 Å². The van der Waals surface area contributed by atoms with Crippen LogP contribution in [0.3, 0.4) is 0 Å². The van der Waals surface area contributed by atoms with Gasteiger partial charge in [-0.1, -0.05) is 30.3 Å². The molecule has 0 radical (unpaired) electrons. The fourth-order valence-electron chi connectivity index (χ4n) is 6.56. The van der Waals surface area contributed by atoms with Crippen molar-refractivity contribution in [1.82, 2.24) is 24.6 Å². The summed E-state index contributed by atoms with van der Waals surface area (Å²) < 4.78 is 5.27. The van der Waals surface area contributed by atoms with Gasteiger partial charge in [0.1, 0.15) is 0 Å². The Morgan fingerprint density at radius 1 is 1.02 bits per heavy atom. The molecular weight excluding hydrogens is 506 g/mol. The van der Waals surface area contributed by atoms with Gasteiger partial charge in [0.2, 0.25) is 5.91 Å². The first-order valence-corrected chi connectivity index (χ1v) is 14.7. The van der Waals surface area contributed by atoms with Gasteiger partial charge in [0.05, 0.1) is 37.0 Å². The number of ether oxygens (including phenoxy) is 1. The van der Waals surface area contributed by atoms with Crippen LogP contribution in [0.4, 0.5) is 4.79 Å². The van der Waals surface area contributed by atoms with Crippen molar-refractivity contribution in [1.29, 1.82) is 0 Å². The van der Waals surface area contributed by atoms with Gasteiger partial charge >= 0.3 is 6.03 Å². The Morgan fingerprint density at radius 2 is 1.77 bits per heavy atom. The molecule has 0 spiro atoms. The number of aliphatic hydroxyl groups is 1. The predicted octanol–water partition coefficient (Wildman–Crippen LogP) is 2.48. The number of hydrogen-bond donors (Lipinski definition) is 1. The predicted molar refractivity (Wildman–Crippen MR) is 151 cm³/mol. The molecule has 1 aromatic heterocycles. The third-order valence-electron chi connectivity index (χ3n) is 9.10. The summed E-state index contributed by atoms with van der Waals surface area (Å²) in [4.78, 5) is 38.4. The average molecular weight is 548 g/mol. The van der Waals surface area contributed by atoms with Crippen molar-refractivity contribution >= 4 is 11.9 Å². The second kappa shape index (κ2) is 11.5. The Morgan fingerprint density at radius 3 is 2.48 bits per heavy atom. The third kappa shape index (κ3) is 5.73. The number of hydrogen-bond acceptors (Lipinski definition) is 6. The van der Waals surface area contributed by atoms with Gasteiger partial charge in [0.15, 0.2) is 0 Å². The second-order valence-corrected chi connectivity index (χ2v) is 12.3. The molecule has 2 aromatic rings. The SMILES string of the molecule is CC1(C(=O)N2CCC(c3ccc(CN4CCN(CC(O)CN5CCc6ccccc6C5)C4=O)nc3)CC2)COC1. The standard InChI is InChI=1S/C31H41N5O4/c1-31(21-40-22-31)29(38)34-12-9-24(10-13-34)25-6-7-27(32-16-25)18-35-14-15-36(30(35)39)20-28(37)19-33-11-8-23-4-2-3-5-26(23)17-33/h2-7,16,24,28,37H,8-15,17-22H2,1H3. The molecule has 3 saturated heterocycles. The molecule has 1 unspecified atom stereocenters. The molecule has 1 atom stereocenters. The van der Waals surface area contributed by atoms with Crippen LogP contribution in [0.5, 0.6) is 0 Å². The third-order valence-corrected chi connectivity index (χ3v) is 9.10. The number of nitrogens with zero attached hydrogens (tertiary/aromatic N) is 5. The second-order valence-electron chi connectivity index (χ2n) is 12.3. The van der Waals surface area contributed by atoms with Crippen LogP contribution < -0.4 is 0 Å². The highest BCUT2D eigenvalue weighted by atomic mass is 16.5. The molecular formula is C31H41N5O4. The summed E-state index contributed by atoms with van der Waals surface area (Å²) in [6.45, 7) is 9.05. The maximum absolute atomic E-state index is 13.1. The fraction of sp³-hybridized carbons (Fsp3) is 0.581. The van der Waals surface area contributed by atoms with Crippen LogP contribution in [-0.4, -0.2) is 107 Å². The zero-order valence-corrected chi connectivity index (χ0v) is 23.5. The minimum atomic E-state index is -0.571. The first-order valence-electron chi connectivity index (χ1n) is 14.7. The molecule has 0 aliphatic carbocycles. The molecule has 6 rings (SSSR count). The van der Waals surface area contributed by atoms with E-state index in [9.17, 15) is 14.7 Å². The molecule has 40 heavy (non-hydrogen) atoms. The van der Waals surface area contributed by atoms with Gasteiger partial charge in [0, 0.05) is 58.6 Å². The van der Waals surface area contributed by atoms with Gasteiger partial charge in [-0.2, -0.15) is 0 Å². The summed E-state index contributed by atoms with van der Waals surface area (Å²) in [5.74, 6) is 0.620. The van der Waals surface area contributed by atoms with E-state index in [1.165, 1.54) is 16.7 Å². The lowest BCUT2D eigenvalue weighted by Crippen LogP contribution is -2.54. The largest absolute Gasteiger partial charge is 0.390 e. The number of aromatic nitrogens is 1. The highest BCUT2D eigenvalue weighted by molar-refractivity contribution is 5.83. The van der Waals surface area contributed by atoms with Gasteiger partial charge < -0.3 is 24.5 Å². The molecule has 4 aliphatic heterocycles. The Bertz CT molecular complexity index is 1210. The monoisotopic (exact) mass is 547 g/mol. The Kier molecular flexibility index (Phi) is 7.79. The number of pyridine rings is 1. The molecule has 4 aliphatic rings. The fourth-order valence-corrected chi connectivity index (χ4v) is 6.56. The maximum Gasteiger partial charge on any atom is 0.320 e. The number of β-amino-alcohol motifs (C(OH)–C–C–N with tert-alkyl or cyclic N) is 1. The summed E-state index contributed by atoms with van der Waals surface area (Å²) in [6, 6.07) is 12.6. The van der Waals surface area contributed by atoms with Crippen LogP contribution in [0.2, 0.25) is 0 Å². The Balaban J connectivity index is 0.952. The number of rotatable bonds is 8. The van der Waals surface area contributed by atoms with E-state index in [2.05, 4.69) is 40.2 Å². The van der Waals surface area contributed by atoms with Crippen LogP contribution in [0.15, 0.2) is 42.6 Å². The van der Waals surface area contributed by atoms with Gasteiger partial charge in [-0.3, -0.25) is 14.7 Å². The normalized spacial score (nSPS) is 22.2. The van der Waals surface area contributed by atoms with E-state index < -0.39 is 6.10 Å². The first-order chi connectivity index (χ1) is 19.4. The summed E-state index contributed by atoms with van der Waals surface area (Å²) in [5, 5.41) is 10.8. The van der Waals surface area contributed by atoms with E-state index in [4.69, 9.17) is 4.74 Å². The smallest absolute Gasteiger partial charge is 0.320 e. The molecule has 3 amide bonds. The van der Waals surface area contributed by atoms with Crippen molar-refractivity contribution in [2.24, 2.45) is 5.41 Å². The van der Waals surface area contributed by atoms with Gasteiger partial charge in [-0.15, -0.1) is 0 Å². The number of fused-ring (bicyclic) bond motifs is 1. The van der Waals surface area contributed by atoms with Crippen molar-refractivity contribution in [3.63, 3.8) is 0 Å². The quantitative estimate of drug-likeness (QED) is 0.546. The van der Waals surface area contributed by atoms with Gasteiger partial charge in [-0.25, -0.2) is 4.79 Å². The molecule has 214 valence electrons. The van der Waals surface area contributed by atoms with Crippen molar-refractivity contribution in [2.45, 2.75) is 51.3 Å². The van der Waals surface area contributed by atoms with Crippen molar-refractivity contribution < 1.29 is 19.4 Å². The summed E-state index contributed by atoms with van der Waals surface area (Å²) in [7, 11) is 0. The van der Waals surface area contributed by atoms with E-state index >= 15 is 0 Å². The topological polar surface area (TPSA) is 89.5 Å². The van der Waals surface area contributed by atoms with Gasteiger partial charge in [-0.05, 0) is 54.9 Å². The number of likely N-dealkylation sites (tertiary alicyclic amines) is 1. The number of amides is 3. The van der Waals surface area contributed by atoms with Crippen molar-refractivity contribution in [2.75, 3.05) is 59.0 Å². The number of benzene rings is 1. The van der Waals surface area contributed by atoms with Crippen LogP contribution in [-0.2, 0) is 29.0 Å². The summed E-state index contributed by atoms with van der Waals surface area (Å²) in [5.41, 5.74) is 4.46. The Labute approximate surface area is 236 Å². The number of carbonyl (C=O) groups excluding carboxylic acids is 2. The highest BCUT2D eigenvalue weighted by Crippen LogP contribution is 2.33. The van der Waals surface area contributed by atoms with Crippen LogP contribution in [0, 0.1) is 5.41 Å². The minimum Gasteiger partial charge on any atom is -0.390 e. The van der Waals surface area contributed by atoms with Crippen LogP contribution in [0.1, 0.15) is 48.1 Å². The van der Waals surface area contributed by atoms with Gasteiger partial charge in [0.25, 0.3) is 0 Å². The lowest BCUT2D eigenvalue weighted by Gasteiger charge is -2.42. The van der Waals surface area contributed by atoms with Crippen LogP contribution in [0.25, 0.3) is 0 Å². The zero-order valence-electron chi connectivity index (χ0n) is 23.5. The van der Waals surface area contributed by atoms with E-state index in [-0.39, 0.29) is 17.4 Å². The van der Waals surface area contributed by atoms with E-state index in [1.54, 1.807) is 4.90 Å². The van der Waals surface area contributed by atoms with Crippen molar-refractivity contribution in [3.05, 3.63) is 65.0 Å². The lowest BCUT2D eigenvalue weighted by atomic mass is 9.84. The maximum atomic E-state index is 13.1. The summed E-state index contributed by atoms with van der Waals surface area (Å²) in [6.07, 6.45) is 4.25. The Hall–Kier alpha value is -3.01. The van der Waals surface area contributed by atoms with Crippen LogP contribution >= 0.6 is 0 Å². The average Bonchev–Trinajstić information content (AvgIpc) is 3.29. The number of urea groups is 1. The first kappa shape index (κ1) is 27.2. The molecule has 0 saturated carbocycles. The lowest BCUT2D eigenvalue weighted by molar-refractivity contribution is -0.169. The minimum absolute atomic E-state index is 0.0310. The molecule has 1 N–H and O–H groups in total. The number of aliphatic hydroxyl groups excluding tert-OH is 1. The van der Waals surface area contributed by atoms with E-state index in [0.717, 1.165) is 51.1 Å². The molecule has 5 heterocycles. The molecule has 0 bridgehead atoms. The number of carbonyl (C=O) groups is 2. The highest BCUT2D eigenvalue weighted by Gasteiger charge is 2.44. The number of piperidine rings is 1. The summed E-state index contributed by atoms with van der Waals surface area (Å²) >= 11 is 0. The zero-order chi connectivity index (χ0) is 27.7. The molecule has 1 aromatic carbocycles. The van der Waals surface area contributed by atoms with E-state index in [0.29, 0.717) is 51.9 Å².